The minimum absolute atomic E-state index is 0.0998. The minimum atomic E-state index is 0.0998. The SMILES string of the molecule is O=C(C[C@H]1C=CCC1)N[C@H]1CCOc2ccccc21. The smallest absolute Gasteiger partial charge is 0.221 e. The van der Waals surface area contributed by atoms with Gasteiger partial charge >= 0.3 is 0 Å². The molecule has 3 rings (SSSR count). The van der Waals surface area contributed by atoms with Crippen molar-refractivity contribution in [3.05, 3.63) is 42.0 Å². The van der Waals surface area contributed by atoms with E-state index in [4.69, 9.17) is 4.74 Å². The van der Waals surface area contributed by atoms with Crippen molar-refractivity contribution in [3.8, 4) is 5.75 Å². The zero-order chi connectivity index (χ0) is 13.1. The van der Waals surface area contributed by atoms with Crippen molar-refractivity contribution in [1.82, 2.24) is 5.32 Å². The Balaban J connectivity index is 1.64. The Labute approximate surface area is 113 Å². The summed E-state index contributed by atoms with van der Waals surface area (Å²) < 4.78 is 5.61. The molecule has 1 aliphatic carbocycles. The van der Waals surface area contributed by atoms with Crippen molar-refractivity contribution in [2.75, 3.05) is 6.61 Å². The predicted molar refractivity (Wildman–Crippen MR) is 73.9 cm³/mol. The maximum absolute atomic E-state index is 12.1. The molecule has 0 bridgehead atoms. The molecule has 2 atom stereocenters. The molecular weight excluding hydrogens is 238 g/mol. The van der Waals surface area contributed by atoms with Gasteiger partial charge in [0.1, 0.15) is 5.75 Å². The van der Waals surface area contributed by atoms with Crippen molar-refractivity contribution in [2.24, 2.45) is 5.92 Å². The van der Waals surface area contributed by atoms with Crippen molar-refractivity contribution < 1.29 is 9.53 Å². The third kappa shape index (κ3) is 2.80. The molecular formula is C16H19NO2. The molecule has 1 aromatic carbocycles. The fourth-order valence-corrected chi connectivity index (χ4v) is 2.85. The molecule has 100 valence electrons. The third-order valence-electron chi connectivity index (χ3n) is 3.85. The summed E-state index contributed by atoms with van der Waals surface area (Å²) in [4.78, 5) is 12.1. The molecule has 3 heteroatoms. The largest absolute Gasteiger partial charge is 0.493 e. The number of hydrogen-bond acceptors (Lipinski definition) is 2. The highest BCUT2D eigenvalue weighted by Gasteiger charge is 2.23. The zero-order valence-electron chi connectivity index (χ0n) is 11.0. The van der Waals surface area contributed by atoms with E-state index < -0.39 is 0 Å². The molecule has 1 amide bonds. The molecule has 1 aromatic rings. The van der Waals surface area contributed by atoms with E-state index in [2.05, 4.69) is 17.5 Å². The van der Waals surface area contributed by atoms with E-state index in [0.29, 0.717) is 18.9 Å². The van der Waals surface area contributed by atoms with Gasteiger partial charge in [0.15, 0.2) is 0 Å². The Morgan fingerprint density at radius 3 is 3.05 bits per heavy atom. The summed E-state index contributed by atoms with van der Waals surface area (Å²) in [6.07, 6.45) is 8.01. The van der Waals surface area contributed by atoms with E-state index >= 15 is 0 Å². The molecule has 0 fully saturated rings. The van der Waals surface area contributed by atoms with E-state index in [1.54, 1.807) is 0 Å². The number of amides is 1. The highest BCUT2D eigenvalue weighted by atomic mass is 16.5. The highest BCUT2D eigenvalue weighted by molar-refractivity contribution is 5.77. The first-order valence-corrected chi connectivity index (χ1v) is 7.00. The topological polar surface area (TPSA) is 38.3 Å². The van der Waals surface area contributed by atoms with E-state index in [-0.39, 0.29) is 11.9 Å². The predicted octanol–water partition coefficient (Wildman–Crippen LogP) is 2.98. The number of carbonyl (C=O) groups excluding carboxylic acids is 1. The Morgan fingerprint density at radius 1 is 1.32 bits per heavy atom. The molecule has 1 heterocycles. The van der Waals surface area contributed by atoms with Crippen molar-refractivity contribution in [3.63, 3.8) is 0 Å². The van der Waals surface area contributed by atoms with Crippen LogP contribution < -0.4 is 10.1 Å². The quantitative estimate of drug-likeness (QED) is 0.845. The number of allylic oxidation sites excluding steroid dienone is 2. The Morgan fingerprint density at radius 2 is 2.21 bits per heavy atom. The zero-order valence-corrected chi connectivity index (χ0v) is 11.0. The molecule has 2 aliphatic rings. The lowest BCUT2D eigenvalue weighted by molar-refractivity contribution is -0.122. The normalized spacial score (nSPS) is 24.6. The summed E-state index contributed by atoms with van der Waals surface area (Å²) in [5.74, 6) is 1.48. The van der Waals surface area contributed by atoms with Crippen LogP contribution in [-0.2, 0) is 4.79 Å². The van der Waals surface area contributed by atoms with Crippen LogP contribution in [0.15, 0.2) is 36.4 Å². The summed E-state index contributed by atoms with van der Waals surface area (Å²) in [6.45, 7) is 0.672. The summed E-state index contributed by atoms with van der Waals surface area (Å²) in [6, 6.07) is 8.06. The Kier molecular flexibility index (Phi) is 3.53. The van der Waals surface area contributed by atoms with Gasteiger partial charge < -0.3 is 10.1 Å². The number of carbonyl (C=O) groups is 1. The van der Waals surface area contributed by atoms with Gasteiger partial charge in [0.25, 0.3) is 0 Å². The van der Waals surface area contributed by atoms with Crippen LogP contribution in [0.2, 0.25) is 0 Å². The molecule has 0 saturated heterocycles. The molecule has 3 nitrogen and oxygen atoms in total. The fourth-order valence-electron chi connectivity index (χ4n) is 2.85. The van der Waals surface area contributed by atoms with Crippen LogP contribution in [0.4, 0.5) is 0 Å². The van der Waals surface area contributed by atoms with Crippen molar-refractivity contribution >= 4 is 5.91 Å². The Bertz CT molecular complexity index is 495. The first kappa shape index (κ1) is 12.3. The lowest BCUT2D eigenvalue weighted by Gasteiger charge is -2.27. The Hall–Kier alpha value is -1.77. The van der Waals surface area contributed by atoms with E-state index in [1.807, 2.05) is 24.3 Å². The van der Waals surface area contributed by atoms with Gasteiger partial charge in [-0.15, -0.1) is 0 Å². The van der Waals surface area contributed by atoms with Gasteiger partial charge in [0, 0.05) is 18.4 Å². The molecule has 0 radical (unpaired) electrons. The van der Waals surface area contributed by atoms with Crippen LogP contribution in [0.1, 0.15) is 37.3 Å². The number of hydrogen-bond donors (Lipinski definition) is 1. The van der Waals surface area contributed by atoms with Crippen LogP contribution in [0.5, 0.6) is 5.75 Å². The van der Waals surface area contributed by atoms with E-state index in [0.717, 1.165) is 30.6 Å². The highest BCUT2D eigenvalue weighted by Crippen LogP contribution is 2.31. The first-order valence-electron chi connectivity index (χ1n) is 7.00. The summed E-state index contributed by atoms with van der Waals surface area (Å²) >= 11 is 0. The molecule has 0 unspecified atom stereocenters. The van der Waals surface area contributed by atoms with Crippen LogP contribution in [-0.4, -0.2) is 12.5 Å². The van der Waals surface area contributed by atoms with Crippen LogP contribution >= 0.6 is 0 Å². The standard InChI is InChI=1S/C16H19NO2/c18-16(11-12-5-1-2-6-12)17-14-9-10-19-15-8-4-3-7-13(14)15/h1,3-5,7-8,12,14H,2,6,9-11H2,(H,17,18)/t12-,14-/m0/s1. The first-order chi connectivity index (χ1) is 9.33. The average molecular weight is 257 g/mol. The minimum Gasteiger partial charge on any atom is -0.493 e. The number of para-hydroxylation sites is 1. The van der Waals surface area contributed by atoms with Gasteiger partial charge in [-0.2, -0.15) is 0 Å². The summed E-state index contributed by atoms with van der Waals surface area (Å²) in [7, 11) is 0. The number of ether oxygens (including phenoxy) is 1. The summed E-state index contributed by atoms with van der Waals surface area (Å²) in [5, 5.41) is 3.15. The molecule has 19 heavy (non-hydrogen) atoms. The lowest BCUT2D eigenvalue weighted by atomic mass is 9.99. The number of fused-ring (bicyclic) bond motifs is 1. The molecule has 0 spiro atoms. The molecule has 1 aliphatic heterocycles. The second-order valence-corrected chi connectivity index (χ2v) is 5.26. The second kappa shape index (κ2) is 5.47. The maximum atomic E-state index is 12.1. The van der Waals surface area contributed by atoms with Crippen molar-refractivity contribution in [2.45, 2.75) is 31.7 Å². The van der Waals surface area contributed by atoms with E-state index in [9.17, 15) is 4.79 Å². The molecule has 1 N–H and O–H groups in total. The van der Waals surface area contributed by atoms with Gasteiger partial charge in [-0.05, 0) is 24.8 Å². The monoisotopic (exact) mass is 257 g/mol. The van der Waals surface area contributed by atoms with Gasteiger partial charge in [-0.1, -0.05) is 30.4 Å². The van der Waals surface area contributed by atoms with Crippen LogP contribution in [0.3, 0.4) is 0 Å². The number of rotatable bonds is 3. The maximum Gasteiger partial charge on any atom is 0.221 e. The third-order valence-corrected chi connectivity index (χ3v) is 3.85. The van der Waals surface area contributed by atoms with Crippen LogP contribution in [0, 0.1) is 5.92 Å². The van der Waals surface area contributed by atoms with Gasteiger partial charge in [-0.3, -0.25) is 4.79 Å². The van der Waals surface area contributed by atoms with Crippen molar-refractivity contribution in [1.29, 1.82) is 0 Å². The molecule has 0 saturated carbocycles. The fraction of sp³-hybridized carbons (Fsp3) is 0.438. The average Bonchev–Trinajstić information content (AvgIpc) is 2.92. The van der Waals surface area contributed by atoms with Gasteiger partial charge in [-0.25, -0.2) is 0 Å². The number of benzene rings is 1. The van der Waals surface area contributed by atoms with E-state index in [1.165, 1.54) is 0 Å². The molecule has 0 aromatic heterocycles. The summed E-state index contributed by atoms with van der Waals surface area (Å²) in [5.41, 5.74) is 1.10. The second-order valence-electron chi connectivity index (χ2n) is 5.26. The van der Waals surface area contributed by atoms with Crippen LogP contribution in [0.25, 0.3) is 0 Å². The van der Waals surface area contributed by atoms with Gasteiger partial charge in [0.05, 0.1) is 12.6 Å². The van der Waals surface area contributed by atoms with Gasteiger partial charge in [0.2, 0.25) is 5.91 Å². The lowest BCUT2D eigenvalue weighted by Crippen LogP contribution is -2.32. The number of nitrogens with one attached hydrogen (secondary N) is 1.